The minimum Gasteiger partial charge on any atom is -0.486 e. The quantitative estimate of drug-likeness (QED) is 0.585. The van der Waals surface area contributed by atoms with Gasteiger partial charge in [0.1, 0.15) is 6.10 Å². The summed E-state index contributed by atoms with van der Waals surface area (Å²) in [5.74, 6) is 0.454. The Labute approximate surface area is 136 Å². The van der Waals surface area contributed by atoms with Crippen molar-refractivity contribution in [2.75, 3.05) is 34.2 Å². The Kier molecular flexibility index (Phi) is 7.87. The Morgan fingerprint density at radius 3 is 2.65 bits per heavy atom. The minimum atomic E-state index is -0.385. The number of carbonyl (C=O) groups excluding carboxylic acids is 1. The summed E-state index contributed by atoms with van der Waals surface area (Å²) < 4.78 is 19.0. The monoisotopic (exact) mass is 324 g/mol. The highest BCUT2D eigenvalue weighted by molar-refractivity contribution is 5.81. The van der Waals surface area contributed by atoms with Crippen molar-refractivity contribution < 1.29 is 13.9 Å². The van der Waals surface area contributed by atoms with Gasteiger partial charge in [-0.05, 0) is 19.1 Å². The normalized spacial score (nSPS) is 12.5. The molecule has 0 radical (unpaired) electrons. The Balaban J connectivity index is 2.34. The van der Waals surface area contributed by atoms with Crippen molar-refractivity contribution in [2.45, 2.75) is 19.4 Å². The SMILES string of the molecule is CN=C(NCCC(=O)N(C)C)NCC(C)Oc1ccccc1F. The highest BCUT2D eigenvalue weighted by atomic mass is 19.1. The lowest BCUT2D eigenvalue weighted by molar-refractivity contribution is -0.128. The van der Waals surface area contributed by atoms with Crippen molar-refractivity contribution in [1.29, 1.82) is 0 Å². The first kappa shape index (κ1) is 18.7. The second-order valence-electron chi connectivity index (χ2n) is 5.28. The molecule has 23 heavy (non-hydrogen) atoms. The molecule has 1 aromatic rings. The van der Waals surface area contributed by atoms with Gasteiger partial charge in [-0.2, -0.15) is 0 Å². The highest BCUT2D eigenvalue weighted by Gasteiger charge is 2.09. The molecular weight excluding hydrogens is 299 g/mol. The van der Waals surface area contributed by atoms with Gasteiger partial charge in [0.2, 0.25) is 5.91 Å². The van der Waals surface area contributed by atoms with Crippen LogP contribution in [0.1, 0.15) is 13.3 Å². The Morgan fingerprint density at radius 2 is 2.04 bits per heavy atom. The van der Waals surface area contributed by atoms with Gasteiger partial charge in [0.25, 0.3) is 0 Å². The van der Waals surface area contributed by atoms with Crippen molar-refractivity contribution in [3.05, 3.63) is 30.1 Å². The number of aliphatic imine (C=N–C) groups is 1. The fourth-order valence-corrected chi connectivity index (χ4v) is 1.77. The number of nitrogens with one attached hydrogen (secondary N) is 2. The molecule has 0 aliphatic heterocycles. The standard InChI is InChI=1S/C16H25FN4O2/c1-12(23-14-8-6-5-7-13(14)17)11-20-16(18-2)19-10-9-15(22)21(3)4/h5-8,12H,9-11H2,1-4H3,(H2,18,19,20). The average Bonchev–Trinajstić information content (AvgIpc) is 2.52. The molecular formula is C16H25FN4O2. The van der Waals surface area contributed by atoms with E-state index in [9.17, 15) is 9.18 Å². The van der Waals surface area contributed by atoms with Crippen molar-refractivity contribution in [2.24, 2.45) is 4.99 Å². The van der Waals surface area contributed by atoms with Gasteiger partial charge < -0.3 is 20.3 Å². The van der Waals surface area contributed by atoms with Gasteiger partial charge >= 0.3 is 0 Å². The van der Waals surface area contributed by atoms with Crippen LogP contribution in [0, 0.1) is 5.82 Å². The molecule has 7 heteroatoms. The molecule has 0 fully saturated rings. The molecule has 1 aromatic carbocycles. The van der Waals surface area contributed by atoms with Crippen molar-refractivity contribution >= 4 is 11.9 Å². The summed E-state index contributed by atoms with van der Waals surface area (Å²) in [5.41, 5.74) is 0. The summed E-state index contributed by atoms with van der Waals surface area (Å²) >= 11 is 0. The predicted octanol–water partition coefficient (Wildman–Crippen LogP) is 1.24. The molecule has 1 unspecified atom stereocenters. The third-order valence-electron chi connectivity index (χ3n) is 3.08. The number of nitrogens with zero attached hydrogens (tertiary/aromatic N) is 2. The Morgan fingerprint density at radius 1 is 1.35 bits per heavy atom. The smallest absolute Gasteiger partial charge is 0.223 e. The molecule has 0 saturated carbocycles. The van der Waals surface area contributed by atoms with Crippen LogP contribution >= 0.6 is 0 Å². The first-order valence-electron chi connectivity index (χ1n) is 7.50. The van der Waals surface area contributed by atoms with Gasteiger partial charge in [-0.25, -0.2) is 4.39 Å². The van der Waals surface area contributed by atoms with E-state index >= 15 is 0 Å². The van der Waals surface area contributed by atoms with E-state index < -0.39 is 0 Å². The summed E-state index contributed by atoms with van der Waals surface area (Å²) in [6.45, 7) is 2.77. The summed E-state index contributed by atoms with van der Waals surface area (Å²) in [4.78, 5) is 17.1. The third-order valence-corrected chi connectivity index (χ3v) is 3.08. The Hall–Kier alpha value is -2.31. The molecule has 1 atom stereocenters. The maximum atomic E-state index is 13.5. The predicted molar refractivity (Wildman–Crippen MR) is 89.2 cm³/mol. The maximum absolute atomic E-state index is 13.5. The number of halogens is 1. The maximum Gasteiger partial charge on any atom is 0.223 e. The molecule has 1 rings (SSSR count). The molecule has 0 saturated heterocycles. The minimum absolute atomic E-state index is 0.0456. The zero-order chi connectivity index (χ0) is 17.2. The number of benzene rings is 1. The van der Waals surface area contributed by atoms with Gasteiger partial charge in [-0.1, -0.05) is 12.1 Å². The third kappa shape index (κ3) is 6.99. The number of carbonyl (C=O) groups is 1. The number of ether oxygens (including phenoxy) is 1. The van der Waals surface area contributed by atoms with E-state index in [4.69, 9.17) is 4.74 Å². The number of amides is 1. The molecule has 2 N–H and O–H groups in total. The van der Waals surface area contributed by atoms with E-state index in [-0.39, 0.29) is 23.6 Å². The van der Waals surface area contributed by atoms with Crippen LogP contribution in [0.3, 0.4) is 0 Å². The van der Waals surface area contributed by atoms with E-state index in [2.05, 4.69) is 15.6 Å². The summed E-state index contributed by atoms with van der Waals surface area (Å²) in [5, 5.41) is 6.13. The summed E-state index contributed by atoms with van der Waals surface area (Å²) in [7, 11) is 5.08. The lowest BCUT2D eigenvalue weighted by Gasteiger charge is -2.18. The van der Waals surface area contributed by atoms with Crippen LogP contribution in [0.2, 0.25) is 0 Å². The second kappa shape index (κ2) is 9.66. The number of rotatable bonds is 7. The van der Waals surface area contributed by atoms with Crippen molar-refractivity contribution in [3.8, 4) is 5.75 Å². The van der Waals surface area contributed by atoms with Gasteiger partial charge in [-0.3, -0.25) is 9.79 Å². The van der Waals surface area contributed by atoms with Gasteiger partial charge in [0.05, 0.1) is 6.54 Å². The van der Waals surface area contributed by atoms with Crippen LogP contribution < -0.4 is 15.4 Å². The van der Waals surface area contributed by atoms with Gasteiger partial charge in [-0.15, -0.1) is 0 Å². The molecule has 0 spiro atoms. The Bertz CT molecular complexity index is 535. The van der Waals surface area contributed by atoms with Crippen LogP contribution in [0.5, 0.6) is 5.75 Å². The summed E-state index contributed by atoms with van der Waals surface area (Å²) in [6, 6.07) is 6.29. The largest absolute Gasteiger partial charge is 0.486 e. The molecule has 1 amide bonds. The number of para-hydroxylation sites is 1. The van der Waals surface area contributed by atoms with Crippen LogP contribution in [0.15, 0.2) is 29.3 Å². The van der Waals surface area contributed by atoms with Gasteiger partial charge in [0.15, 0.2) is 17.5 Å². The fourth-order valence-electron chi connectivity index (χ4n) is 1.77. The van der Waals surface area contributed by atoms with Crippen LogP contribution in [0.4, 0.5) is 4.39 Å². The molecule has 0 heterocycles. The summed E-state index contributed by atoms with van der Waals surface area (Å²) in [6.07, 6.45) is 0.142. The lowest BCUT2D eigenvalue weighted by atomic mass is 10.3. The first-order valence-corrected chi connectivity index (χ1v) is 7.50. The van der Waals surface area contributed by atoms with Crippen LogP contribution in [-0.2, 0) is 4.79 Å². The molecule has 0 aliphatic carbocycles. The first-order chi connectivity index (χ1) is 10.9. The number of hydrogen-bond acceptors (Lipinski definition) is 3. The van der Waals surface area contributed by atoms with E-state index in [0.29, 0.717) is 25.5 Å². The number of hydrogen-bond donors (Lipinski definition) is 2. The topological polar surface area (TPSA) is 66.0 Å². The van der Waals surface area contributed by atoms with Crippen molar-refractivity contribution in [3.63, 3.8) is 0 Å². The van der Waals surface area contributed by atoms with Gasteiger partial charge in [0, 0.05) is 34.1 Å². The fraction of sp³-hybridized carbons (Fsp3) is 0.500. The van der Waals surface area contributed by atoms with Crippen LogP contribution in [-0.4, -0.2) is 57.1 Å². The lowest BCUT2D eigenvalue weighted by Crippen LogP contribution is -2.42. The molecule has 128 valence electrons. The average molecular weight is 324 g/mol. The van der Waals surface area contributed by atoms with E-state index in [1.54, 1.807) is 44.2 Å². The van der Waals surface area contributed by atoms with Crippen LogP contribution in [0.25, 0.3) is 0 Å². The number of guanidine groups is 1. The molecule has 0 aromatic heterocycles. The zero-order valence-corrected chi connectivity index (χ0v) is 14.1. The molecule has 0 aliphatic rings. The van der Waals surface area contributed by atoms with E-state index in [0.717, 1.165) is 0 Å². The van der Waals surface area contributed by atoms with Crippen molar-refractivity contribution in [1.82, 2.24) is 15.5 Å². The molecule has 0 bridgehead atoms. The second-order valence-corrected chi connectivity index (χ2v) is 5.28. The highest BCUT2D eigenvalue weighted by Crippen LogP contribution is 2.16. The zero-order valence-electron chi connectivity index (χ0n) is 14.1. The van der Waals surface area contributed by atoms with E-state index in [1.807, 2.05) is 6.92 Å². The van der Waals surface area contributed by atoms with E-state index in [1.165, 1.54) is 6.07 Å². The molecule has 6 nitrogen and oxygen atoms in total.